The number of hydrogen-bond acceptors (Lipinski definition) is 2. The highest BCUT2D eigenvalue weighted by molar-refractivity contribution is 6.30. The topological polar surface area (TPSA) is 46.2 Å². The van der Waals surface area contributed by atoms with Crippen LogP contribution in [0.1, 0.15) is 22.8 Å². The Balaban J connectivity index is 2.43. The van der Waals surface area contributed by atoms with Gasteiger partial charge in [0.1, 0.15) is 6.10 Å². The molecule has 1 atom stereocenters. The van der Waals surface area contributed by atoms with Crippen LogP contribution in [0.2, 0.25) is 5.02 Å². The Kier molecular flexibility index (Phi) is 3.36. The zero-order valence-corrected chi connectivity index (χ0v) is 10.3. The Labute approximate surface area is 106 Å². The van der Waals surface area contributed by atoms with Crippen molar-refractivity contribution in [3.05, 3.63) is 64.2 Å². The van der Waals surface area contributed by atoms with Crippen molar-refractivity contribution in [2.75, 3.05) is 5.73 Å². The molecule has 0 amide bonds. The Morgan fingerprint density at radius 1 is 1.18 bits per heavy atom. The van der Waals surface area contributed by atoms with Crippen LogP contribution in [0.15, 0.2) is 42.5 Å². The molecule has 0 spiro atoms. The Hall–Kier alpha value is -1.51. The van der Waals surface area contributed by atoms with Gasteiger partial charge in [-0.05, 0) is 30.7 Å². The van der Waals surface area contributed by atoms with Crippen LogP contribution in [0.3, 0.4) is 0 Å². The van der Waals surface area contributed by atoms with Crippen molar-refractivity contribution >= 4 is 17.3 Å². The average molecular weight is 248 g/mol. The molecule has 0 saturated carbocycles. The van der Waals surface area contributed by atoms with Gasteiger partial charge in [0.2, 0.25) is 0 Å². The lowest BCUT2D eigenvalue weighted by Crippen LogP contribution is -2.04. The summed E-state index contributed by atoms with van der Waals surface area (Å²) in [6, 6.07) is 12.8. The molecule has 17 heavy (non-hydrogen) atoms. The zero-order valence-electron chi connectivity index (χ0n) is 9.52. The first-order valence-corrected chi connectivity index (χ1v) is 5.75. The van der Waals surface area contributed by atoms with E-state index in [4.69, 9.17) is 17.3 Å². The molecule has 0 fully saturated rings. The number of nitrogens with two attached hydrogens (primary N) is 1. The number of benzene rings is 2. The molecule has 3 N–H and O–H groups in total. The summed E-state index contributed by atoms with van der Waals surface area (Å²) in [5, 5.41) is 10.9. The highest BCUT2D eigenvalue weighted by Gasteiger charge is 2.13. The van der Waals surface area contributed by atoms with E-state index in [9.17, 15) is 5.11 Å². The minimum atomic E-state index is -0.742. The molecule has 2 aromatic rings. The Bertz CT molecular complexity index is 539. The third-order valence-corrected chi connectivity index (χ3v) is 2.94. The van der Waals surface area contributed by atoms with Crippen LogP contribution < -0.4 is 5.73 Å². The van der Waals surface area contributed by atoms with Gasteiger partial charge < -0.3 is 10.8 Å². The summed E-state index contributed by atoms with van der Waals surface area (Å²) in [6.45, 7) is 1.97. The SMILES string of the molecule is Cc1ccc(N)c(C(O)c2cccc(Cl)c2)c1. The van der Waals surface area contributed by atoms with Crippen molar-refractivity contribution < 1.29 is 5.11 Å². The van der Waals surface area contributed by atoms with Gasteiger partial charge in [-0.3, -0.25) is 0 Å². The summed E-state index contributed by atoms with van der Waals surface area (Å²) in [5.74, 6) is 0. The molecular formula is C14H14ClNO. The number of rotatable bonds is 2. The molecule has 0 radical (unpaired) electrons. The number of nitrogen functional groups attached to an aromatic ring is 1. The predicted octanol–water partition coefficient (Wildman–Crippen LogP) is 3.31. The maximum absolute atomic E-state index is 10.3. The third-order valence-electron chi connectivity index (χ3n) is 2.70. The van der Waals surface area contributed by atoms with Crippen LogP contribution in [0, 0.1) is 6.92 Å². The second-order valence-electron chi connectivity index (χ2n) is 4.09. The van der Waals surface area contributed by atoms with Crippen LogP contribution >= 0.6 is 11.6 Å². The number of aliphatic hydroxyl groups is 1. The largest absolute Gasteiger partial charge is 0.398 e. The van der Waals surface area contributed by atoms with Gasteiger partial charge in [-0.25, -0.2) is 0 Å². The molecule has 2 nitrogen and oxygen atoms in total. The van der Waals surface area contributed by atoms with Crippen LogP contribution in [0.5, 0.6) is 0 Å². The molecule has 0 bridgehead atoms. The molecule has 0 aliphatic rings. The summed E-state index contributed by atoms with van der Waals surface area (Å²) in [6.07, 6.45) is -0.742. The van der Waals surface area contributed by atoms with E-state index in [1.807, 2.05) is 31.2 Å². The van der Waals surface area contributed by atoms with E-state index in [0.29, 0.717) is 16.3 Å². The van der Waals surface area contributed by atoms with Gasteiger partial charge >= 0.3 is 0 Å². The van der Waals surface area contributed by atoms with Crippen LogP contribution in [-0.4, -0.2) is 5.11 Å². The monoisotopic (exact) mass is 247 g/mol. The number of aryl methyl sites for hydroxylation is 1. The minimum Gasteiger partial charge on any atom is -0.398 e. The number of anilines is 1. The highest BCUT2D eigenvalue weighted by Crippen LogP contribution is 2.28. The van der Waals surface area contributed by atoms with Crippen LogP contribution in [0.4, 0.5) is 5.69 Å². The summed E-state index contributed by atoms with van der Waals surface area (Å²) in [4.78, 5) is 0. The summed E-state index contributed by atoms with van der Waals surface area (Å²) in [7, 11) is 0. The first-order valence-electron chi connectivity index (χ1n) is 5.37. The molecule has 2 rings (SSSR count). The molecule has 2 aromatic carbocycles. The molecule has 0 aliphatic carbocycles. The average Bonchev–Trinajstić information content (AvgIpc) is 2.31. The number of halogens is 1. The first kappa shape index (κ1) is 12.0. The fourth-order valence-corrected chi connectivity index (χ4v) is 1.99. The van der Waals surface area contributed by atoms with Crippen molar-refractivity contribution in [3.63, 3.8) is 0 Å². The number of aliphatic hydroxyl groups excluding tert-OH is 1. The first-order chi connectivity index (χ1) is 8.08. The molecule has 0 aliphatic heterocycles. The quantitative estimate of drug-likeness (QED) is 0.800. The summed E-state index contributed by atoms with van der Waals surface area (Å²) in [5.41, 5.74) is 8.98. The van der Waals surface area contributed by atoms with Crippen LogP contribution in [0.25, 0.3) is 0 Å². The number of hydrogen-bond donors (Lipinski definition) is 2. The van der Waals surface area contributed by atoms with E-state index in [-0.39, 0.29) is 0 Å². The smallest absolute Gasteiger partial charge is 0.106 e. The van der Waals surface area contributed by atoms with Gasteiger partial charge in [-0.1, -0.05) is 41.4 Å². The lowest BCUT2D eigenvalue weighted by atomic mass is 9.98. The summed E-state index contributed by atoms with van der Waals surface area (Å²) >= 11 is 5.91. The molecule has 88 valence electrons. The Morgan fingerprint density at radius 3 is 2.65 bits per heavy atom. The lowest BCUT2D eigenvalue weighted by molar-refractivity contribution is 0.221. The van der Waals surface area contributed by atoms with Gasteiger partial charge in [0.15, 0.2) is 0 Å². The maximum Gasteiger partial charge on any atom is 0.106 e. The molecule has 0 heterocycles. The van der Waals surface area contributed by atoms with Crippen molar-refractivity contribution in [2.45, 2.75) is 13.0 Å². The van der Waals surface area contributed by atoms with Gasteiger partial charge in [-0.2, -0.15) is 0 Å². The second kappa shape index (κ2) is 4.78. The van der Waals surface area contributed by atoms with Gasteiger partial charge in [0.05, 0.1) is 0 Å². The fourth-order valence-electron chi connectivity index (χ4n) is 1.79. The maximum atomic E-state index is 10.3. The van der Waals surface area contributed by atoms with E-state index in [1.54, 1.807) is 18.2 Å². The van der Waals surface area contributed by atoms with E-state index >= 15 is 0 Å². The Morgan fingerprint density at radius 2 is 1.94 bits per heavy atom. The molecule has 0 aromatic heterocycles. The van der Waals surface area contributed by atoms with Crippen molar-refractivity contribution in [1.29, 1.82) is 0 Å². The van der Waals surface area contributed by atoms with E-state index in [2.05, 4.69) is 0 Å². The van der Waals surface area contributed by atoms with E-state index in [1.165, 1.54) is 0 Å². The fraction of sp³-hybridized carbons (Fsp3) is 0.143. The van der Waals surface area contributed by atoms with Gasteiger partial charge in [-0.15, -0.1) is 0 Å². The van der Waals surface area contributed by atoms with E-state index < -0.39 is 6.10 Å². The standard InChI is InChI=1S/C14H14ClNO/c1-9-5-6-13(16)12(7-9)14(17)10-3-2-4-11(15)8-10/h2-8,14,17H,16H2,1H3. The van der Waals surface area contributed by atoms with Crippen molar-refractivity contribution in [3.8, 4) is 0 Å². The van der Waals surface area contributed by atoms with Crippen LogP contribution in [-0.2, 0) is 0 Å². The lowest BCUT2D eigenvalue weighted by Gasteiger charge is -2.14. The highest BCUT2D eigenvalue weighted by atomic mass is 35.5. The molecule has 0 saturated heterocycles. The molecule has 1 unspecified atom stereocenters. The van der Waals surface area contributed by atoms with Crippen molar-refractivity contribution in [2.24, 2.45) is 0 Å². The zero-order chi connectivity index (χ0) is 12.4. The molecular weight excluding hydrogens is 234 g/mol. The van der Waals surface area contributed by atoms with Gasteiger partial charge in [0.25, 0.3) is 0 Å². The second-order valence-corrected chi connectivity index (χ2v) is 4.53. The minimum absolute atomic E-state index is 0.586. The van der Waals surface area contributed by atoms with Gasteiger partial charge in [0, 0.05) is 16.3 Å². The van der Waals surface area contributed by atoms with E-state index in [0.717, 1.165) is 11.1 Å². The predicted molar refractivity (Wildman–Crippen MR) is 71.1 cm³/mol. The third kappa shape index (κ3) is 2.60. The molecule has 3 heteroatoms. The summed E-state index contributed by atoms with van der Waals surface area (Å²) < 4.78 is 0. The normalized spacial score (nSPS) is 12.4. The van der Waals surface area contributed by atoms with Crippen molar-refractivity contribution in [1.82, 2.24) is 0 Å².